The van der Waals surface area contributed by atoms with Crippen molar-refractivity contribution in [2.75, 3.05) is 145 Å². The molecule has 0 spiro atoms. The van der Waals surface area contributed by atoms with Gasteiger partial charge in [-0.3, -0.25) is 28.8 Å². The molecule has 0 aromatic heterocycles. The minimum absolute atomic E-state index is 0.0117. The van der Waals surface area contributed by atoms with E-state index in [0.29, 0.717) is 10.8 Å². The molecular weight excluding hydrogens is 1280 g/mol. The highest BCUT2D eigenvalue weighted by molar-refractivity contribution is 5.95. The van der Waals surface area contributed by atoms with Crippen LogP contribution in [0.1, 0.15) is 57.3 Å². The van der Waals surface area contributed by atoms with Crippen LogP contribution in [0.5, 0.6) is 5.75 Å². The third-order valence-electron chi connectivity index (χ3n) is 14.9. The van der Waals surface area contributed by atoms with Crippen molar-refractivity contribution < 1.29 is 136 Å². The molecule has 6 amide bonds. The minimum Gasteiger partial charge on any atom is -0.785 e. The van der Waals surface area contributed by atoms with Crippen LogP contribution in [0.3, 0.4) is 0 Å². The van der Waals surface area contributed by atoms with Crippen molar-refractivity contribution in [1.82, 2.24) is 37.0 Å². The molecule has 0 bridgehead atoms. The third-order valence-corrected chi connectivity index (χ3v) is 14.9. The molecule has 1 aromatic rings. The second-order valence-corrected chi connectivity index (χ2v) is 22.5. The molecule has 0 saturated carbocycles. The summed E-state index contributed by atoms with van der Waals surface area (Å²) in [6.07, 6.45) is -15.5. The van der Waals surface area contributed by atoms with E-state index in [1.54, 1.807) is 32.1 Å². The van der Waals surface area contributed by atoms with Crippen LogP contribution in [-0.4, -0.2) is 335 Å². The van der Waals surface area contributed by atoms with Gasteiger partial charge in [-0.25, -0.2) is 0 Å². The number of hydroxylamine groups is 2. The van der Waals surface area contributed by atoms with E-state index in [2.05, 4.69) is 38.5 Å². The Hall–Kier alpha value is -5.34. The average molecular weight is 1380 g/mol. The van der Waals surface area contributed by atoms with Crippen LogP contribution in [0.4, 0.5) is 0 Å². The zero-order valence-corrected chi connectivity index (χ0v) is 54.6. The highest BCUT2D eigenvalue weighted by atomic mass is 16.7. The second kappa shape index (κ2) is 45.4. The summed E-state index contributed by atoms with van der Waals surface area (Å²) in [5, 5.41) is 120. The van der Waals surface area contributed by atoms with Crippen molar-refractivity contribution in [3.63, 3.8) is 0 Å². The van der Waals surface area contributed by atoms with Gasteiger partial charge >= 0.3 is 0 Å². The number of nitrogens with zero attached hydrogens (tertiary/aromatic N) is 1. The number of ether oxygens (including phenoxy) is 13. The van der Waals surface area contributed by atoms with E-state index >= 15 is 0 Å². The van der Waals surface area contributed by atoms with Crippen LogP contribution in [0.15, 0.2) is 36.9 Å². The van der Waals surface area contributed by atoms with E-state index in [4.69, 9.17) is 61.6 Å². The summed E-state index contributed by atoms with van der Waals surface area (Å²) in [4.78, 5) is 76.6. The molecular formula is C60H100N7O29-. The predicted octanol–water partition coefficient (Wildman–Crippen LogP) is -6.71. The van der Waals surface area contributed by atoms with Gasteiger partial charge in [0.15, 0.2) is 18.9 Å². The summed E-state index contributed by atoms with van der Waals surface area (Å²) in [6.45, 7) is 5.97. The molecule has 550 valence electrons. The smallest absolute Gasteiger partial charge is 0.251 e. The van der Waals surface area contributed by atoms with Crippen molar-refractivity contribution >= 4 is 35.4 Å². The number of carbonyl (C=O) groups excluding carboxylic acids is 6. The Bertz CT molecular complexity index is 2350. The number of hydrogen-bond acceptors (Lipinski definition) is 30. The maximum Gasteiger partial charge on any atom is 0.251 e. The molecule has 96 heavy (non-hydrogen) atoms. The fraction of sp³-hybridized carbons (Fsp3) is 0.767. The van der Waals surface area contributed by atoms with Crippen LogP contribution in [0.25, 0.3) is 0 Å². The Morgan fingerprint density at radius 1 is 0.552 bits per heavy atom. The summed E-state index contributed by atoms with van der Waals surface area (Å²) in [6, 6.07) is 2.67. The second-order valence-electron chi connectivity index (χ2n) is 22.5. The number of hydrogen-bond donors (Lipinski definition) is 15. The Kier molecular flexibility index (Phi) is 39.2. The SMILES string of the molecule is C=CC(C)Oc1ccc(C(=O)NC(COCCC(=O)NCCOCCOC2OC(CO)C(O)C(O)C2NC(C)=O)(COCCC(=O)NCCOCCOC2OC(CO)C(O)C(O)C2NC(C)=O)COCCC(=O)NCCOCCOC2OC(CO)C(O)C(O)C2N([O-])CC)cc1. The molecule has 36 heteroatoms. The molecule has 3 aliphatic rings. The van der Waals surface area contributed by atoms with Crippen molar-refractivity contribution in [2.24, 2.45) is 0 Å². The highest BCUT2D eigenvalue weighted by Crippen LogP contribution is 2.27. The van der Waals surface area contributed by atoms with Gasteiger partial charge in [-0.2, -0.15) is 0 Å². The van der Waals surface area contributed by atoms with Crippen LogP contribution in [0, 0.1) is 5.21 Å². The maximum atomic E-state index is 14.1. The predicted molar refractivity (Wildman–Crippen MR) is 331 cm³/mol. The first-order valence-corrected chi connectivity index (χ1v) is 31.7. The lowest BCUT2D eigenvalue weighted by Gasteiger charge is -2.49. The zero-order chi connectivity index (χ0) is 70.6. The van der Waals surface area contributed by atoms with Crippen molar-refractivity contribution in [2.45, 2.75) is 151 Å². The molecule has 3 saturated heterocycles. The third kappa shape index (κ3) is 28.9. The lowest BCUT2D eigenvalue weighted by atomic mass is 9.97. The van der Waals surface area contributed by atoms with Crippen molar-refractivity contribution in [1.29, 1.82) is 0 Å². The number of aliphatic hydroxyl groups excluding tert-OH is 9. The molecule has 3 heterocycles. The number of rotatable bonds is 48. The number of amides is 6. The van der Waals surface area contributed by atoms with E-state index < -0.39 is 153 Å². The van der Waals surface area contributed by atoms with Crippen molar-refractivity contribution in [3.05, 3.63) is 47.7 Å². The molecule has 3 aliphatic heterocycles. The first kappa shape index (κ1) is 83.1. The molecule has 15 N–H and O–H groups in total. The van der Waals surface area contributed by atoms with Gasteiger partial charge in [0.25, 0.3) is 5.91 Å². The molecule has 16 atom stereocenters. The van der Waals surface area contributed by atoms with Gasteiger partial charge in [-0.05, 0) is 37.7 Å². The first-order valence-electron chi connectivity index (χ1n) is 31.7. The highest BCUT2D eigenvalue weighted by Gasteiger charge is 2.48. The largest absolute Gasteiger partial charge is 0.785 e. The molecule has 4 rings (SSSR count). The molecule has 36 nitrogen and oxygen atoms in total. The van der Waals surface area contributed by atoms with E-state index in [9.17, 15) is 79.9 Å². The van der Waals surface area contributed by atoms with Crippen LogP contribution in [-0.2, 0) is 80.8 Å². The van der Waals surface area contributed by atoms with E-state index in [1.165, 1.54) is 26.0 Å². The van der Waals surface area contributed by atoms with Gasteiger partial charge in [0.2, 0.25) is 29.5 Å². The molecule has 3 fully saturated rings. The molecule has 0 aliphatic carbocycles. The summed E-state index contributed by atoms with van der Waals surface area (Å²) in [5.74, 6) is -2.51. The number of nitrogens with one attached hydrogen (secondary N) is 6. The van der Waals surface area contributed by atoms with Gasteiger partial charge in [-0.15, -0.1) is 0 Å². The van der Waals surface area contributed by atoms with Crippen LogP contribution in [0.2, 0.25) is 0 Å². The summed E-state index contributed by atoms with van der Waals surface area (Å²) in [5.41, 5.74) is -1.35. The first-order chi connectivity index (χ1) is 46.0. The van der Waals surface area contributed by atoms with Crippen LogP contribution >= 0.6 is 0 Å². The number of likely N-dealkylation sites (N-methyl/N-ethyl adjacent to an activating group) is 1. The van der Waals surface area contributed by atoms with E-state index in [0.717, 1.165) is 0 Å². The van der Waals surface area contributed by atoms with Gasteiger partial charge < -0.3 is 150 Å². The molecule has 0 radical (unpaired) electrons. The van der Waals surface area contributed by atoms with E-state index in [1.807, 2.05) is 0 Å². The monoisotopic (exact) mass is 1380 g/mol. The normalized spacial score (nSPS) is 26.8. The number of benzene rings is 1. The Balaban J connectivity index is 1.34. The Morgan fingerprint density at radius 2 is 0.927 bits per heavy atom. The lowest BCUT2D eigenvalue weighted by molar-refractivity contribution is -0.285. The van der Waals surface area contributed by atoms with Crippen molar-refractivity contribution in [3.8, 4) is 5.75 Å². The quantitative estimate of drug-likeness (QED) is 0.0164. The van der Waals surface area contributed by atoms with Crippen LogP contribution < -0.4 is 36.6 Å². The van der Waals surface area contributed by atoms with Gasteiger partial charge in [0.1, 0.15) is 84.4 Å². The fourth-order valence-electron chi connectivity index (χ4n) is 9.77. The average Bonchev–Trinajstić information content (AvgIpc) is 0.818. The Labute approximate surface area is 556 Å². The summed E-state index contributed by atoms with van der Waals surface area (Å²) >= 11 is 0. The van der Waals surface area contributed by atoms with Gasteiger partial charge in [-0.1, -0.05) is 19.6 Å². The zero-order valence-electron chi connectivity index (χ0n) is 54.6. The van der Waals surface area contributed by atoms with E-state index in [-0.39, 0.29) is 156 Å². The topological polar surface area (TPSA) is 503 Å². The number of aliphatic hydroxyl groups is 9. The number of carbonyl (C=O) groups is 6. The molecule has 16 unspecified atom stereocenters. The van der Waals surface area contributed by atoms with Gasteiger partial charge in [0, 0.05) is 58.3 Å². The summed E-state index contributed by atoms with van der Waals surface area (Å²) < 4.78 is 74.1. The molecule has 1 aromatic carbocycles. The Morgan fingerprint density at radius 3 is 1.29 bits per heavy atom. The lowest BCUT2D eigenvalue weighted by Crippen LogP contribution is -2.64. The standard InChI is InChI=1S/C60H100N7O29/c1-6-36(3)93-40-10-8-39(9-11-40)56(82)66-60(33-87-18-12-44(73)61-15-21-84-24-27-90-57-47(64-37(4)71)53(79)50(76)41(30-68)94-57,34-88-19-13-45(74)62-16-22-85-25-28-91-58-48(65-38(5)72)54(80)51(77)42(31-69)95-58)35-89-20-14-46(75)63-17-23-86-26-29-92-59-49(67(83)7-2)55(81)52(78)43(32-70)96-59/h6,8-11,36,41-43,47-55,57-59,68-70,76-81H,1,7,12-35H2,2-5H3,(H,61,73)(H,62,74)(H,63,75)(H,64,71)(H,65,72)(H,66,82)/q-1. The van der Waals surface area contributed by atoms with Gasteiger partial charge in [0.05, 0.1) is 125 Å². The minimum atomic E-state index is -1.56. The maximum absolute atomic E-state index is 14.1. The summed E-state index contributed by atoms with van der Waals surface area (Å²) in [7, 11) is 0. The fourth-order valence-corrected chi connectivity index (χ4v) is 9.77.